The van der Waals surface area contributed by atoms with E-state index in [9.17, 15) is 5.11 Å². The fraction of sp³-hybridized carbons (Fsp3) is 0.500. The summed E-state index contributed by atoms with van der Waals surface area (Å²) >= 11 is 5.95. The average Bonchev–Trinajstić information content (AvgIpc) is 2.24. The van der Waals surface area contributed by atoms with Crippen LogP contribution in [0.25, 0.3) is 0 Å². The zero-order valence-electron chi connectivity index (χ0n) is 9.70. The Bertz CT molecular complexity index is 355. The Morgan fingerprint density at radius 3 is 2.62 bits per heavy atom. The molecule has 0 radical (unpaired) electrons. The first-order valence-corrected chi connectivity index (χ1v) is 5.77. The maximum atomic E-state index is 9.89. The van der Waals surface area contributed by atoms with Crippen LogP contribution in [0.5, 0.6) is 5.75 Å². The molecule has 0 heterocycles. The molecule has 0 aromatic heterocycles. The highest BCUT2D eigenvalue weighted by Crippen LogP contribution is 2.27. The molecule has 0 aliphatic rings. The summed E-state index contributed by atoms with van der Waals surface area (Å²) in [5, 5.41) is 19.4. The Morgan fingerprint density at radius 1 is 1.38 bits per heavy atom. The molecule has 0 saturated carbocycles. The molecular formula is C12H18ClNO2. The molecule has 4 heteroatoms. The number of aliphatic hydroxyl groups is 1. The van der Waals surface area contributed by atoms with Crippen LogP contribution in [0, 0.1) is 6.92 Å². The number of aryl methyl sites for hydroxylation is 1. The van der Waals surface area contributed by atoms with Crippen LogP contribution in [0.2, 0.25) is 5.02 Å². The minimum Gasteiger partial charge on any atom is -0.507 e. The van der Waals surface area contributed by atoms with Gasteiger partial charge in [0.25, 0.3) is 0 Å². The zero-order chi connectivity index (χ0) is 12.1. The number of hydrogen-bond donors (Lipinski definition) is 2. The molecule has 90 valence electrons. The van der Waals surface area contributed by atoms with Gasteiger partial charge in [-0.15, -0.1) is 0 Å². The van der Waals surface area contributed by atoms with Crippen molar-refractivity contribution >= 4 is 11.6 Å². The van der Waals surface area contributed by atoms with Crippen molar-refractivity contribution in [3.8, 4) is 5.75 Å². The fourth-order valence-electron chi connectivity index (χ4n) is 1.66. The number of phenolic OH excluding ortho intramolecular Hbond substituents is 1. The number of nitrogens with zero attached hydrogens (tertiary/aromatic N) is 1. The number of aromatic hydroxyl groups is 1. The second-order valence-corrected chi connectivity index (χ2v) is 4.26. The largest absolute Gasteiger partial charge is 0.507 e. The lowest BCUT2D eigenvalue weighted by Crippen LogP contribution is -2.26. The Balaban J connectivity index is 2.87. The van der Waals surface area contributed by atoms with E-state index in [1.165, 1.54) is 0 Å². The second kappa shape index (κ2) is 6.09. The van der Waals surface area contributed by atoms with Gasteiger partial charge >= 0.3 is 0 Å². The van der Waals surface area contributed by atoms with E-state index in [2.05, 4.69) is 0 Å². The molecule has 0 saturated heterocycles. The lowest BCUT2D eigenvalue weighted by molar-refractivity contribution is 0.195. The van der Waals surface area contributed by atoms with Crippen molar-refractivity contribution in [1.29, 1.82) is 0 Å². The Labute approximate surface area is 101 Å². The summed E-state index contributed by atoms with van der Waals surface area (Å²) in [7, 11) is 0. The van der Waals surface area contributed by atoms with Crippen molar-refractivity contribution in [2.45, 2.75) is 20.4 Å². The molecule has 2 N–H and O–H groups in total. The molecule has 16 heavy (non-hydrogen) atoms. The molecule has 1 rings (SSSR count). The van der Waals surface area contributed by atoms with E-state index in [0.29, 0.717) is 23.9 Å². The monoisotopic (exact) mass is 243 g/mol. The van der Waals surface area contributed by atoms with Gasteiger partial charge in [0.05, 0.1) is 6.61 Å². The average molecular weight is 244 g/mol. The molecule has 0 amide bonds. The normalized spacial score (nSPS) is 11.1. The Kier molecular flexibility index (Phi) is 5.06. The molecule has 1 aromatic rings. The first-order chi connectivity index (χ1) is 7.58. The number of rotatable bonds is 5. The third-order valence-corrected chi connectivity index (χ3v) is 2.82. The summed E-state index contributed by atoms with van der Waals surface area (Å²) < 4.78 is 0. The van der Waals surface area contributed by atoms with Crippen molar-refractivity contribution in [2.75, 3.05) is 19.7 Å². The maximum absolute atomic E-state index is 9.89. The van der Waals surface area contributed by atoms with Gasteiger partial charge in [0, 0.05) is 23.7 Å². The van der Waals surface area contributed by atoms with Crippen LogP contribution in [-0.2, 0) is 6.54 Å². The van der Waals surface area contributed by atoms with Crippen LogP contribution in [0.4, 0.5) is 0 Å². The Hall–Kier alpha value is -0.770. The quantitative estimate of drug-likeness (QED) is 0.833. The lowest BCUT2D eigenvalue weighted by atomic mass is 10.1. The minimum absolute atomic E-state index is 0.119. The number of likely N-dealkylation sites (N-methyl/N-ethyl adjacent to an activating group) is 1. The highest BCUT2D eigenvalue weighted by atomic mass is 35.5. The standard InChI is InChI=1S/C12H18ClNO2/c1-3-14(4-5-15)8-10-7-11(13)6-9(2)12(10)16/h6-7,15-16H,3-5,8H2,1-2H3. The number of halogens is 1. The first kappa shape index (κ1) is 13.3. The third-order valence-electron chi connectivity index (χ3n) is 2.60. The highest BCUT2D eigenvalue weighted by Gasteiger charge is 2.10. The predicted octanol–water partition coefficient (Wildman–Crippen LogP) is 2.17. The number of aliphatic hydroxyl groups excluding tert-OH is 1. The van der Waals surface area contributed by atoms with Gasteiger partial charge < -0.3 is 10.2 Å². The summed E-state index contributed by atoms with van der Waals surface area (Å²) in [6.07, 6.45) is 0. The van der Waals surface area contributed by atoms with Gasteiger partial charge in [-0.1, -0.05) is 18.5 Å². The molecule has 0 spiro atoms. The van der Waals surface area contributed by atoms with Gasteiger partial charge in [0.15, 0.2) is 0 Å². The first-order valence-electron chi connectivity index (χ1n) is 5.39. The summed E-state index contributed by atoms with van der Waals surface area (Å²) in [6.45, 7) is 5.99. The van der Waals surface area contributed by atoms with Crippen molar-refractivity contribution < 1.29 is 10.2 Å². The van der Waals surface area contributed by atoms with E-state index in [1.807, 2.05) is 18.7 Å². The second-order valence-electron chi connectivity index (χ2n) is 3.82. The molecule has 1 aromatic carbocycles. The van der Waals surface area contributed by atoms with Crippen LogP contribution in [0.3, 0.4) is 0 Å². The molecule has 0 fully saturated rings. The van der Waals surface area contributed by atoms with Crippen LogP contribution >= 0.6 is 11.6 Å². The molecule has 0 aliphatic heterocycles. The van der Waals surface area contributed by atoms with Crippen LogP contribution in [0.15, 0.2) is 12.1 Å². The SMILES string of the molecule is CCN(CCO)Cc1cc(Cl)cc(C)c1O. The van der Waals surface area contributed by atoms with E-state index >= 15 is 0 Å². The van der Waals surface area contributed by atoms with Gasteiger partial charge in [-0.05, 0) is 31.2 Å². The van der Waals surface area contributed by atoms with E-state index in [1.54, 1.807) is 12.1 Å². The Morgan fingerprint density at radius 2 is 2.06 bits per heavy atom. The van der Waals surface area contributed by atoms with Gasteiger partial charge in [0.2, 0.25) is 0 Å². The van der Waals surface area contributed by atoms with Crippen LogP contribution < -0.4 is 0 Å². The fourth-order valence-corrected chi connectivity index (χ4v) is 1.95. The predicted molar refractivity (Wildman–Crippen MR) is 65.9 cm³/mol. The van der Waals surface area contributed by atoms with Gasteiger partial charge in [-0.25, -0.2) is 0 Å². The topological polar surface area (TPSA) is 43.7 Å². The molecule has 3 nitrogen and oxygen atoms in total. The molecular weight excluding hydrogens is 226 g/mol. The lowest BCUT2D eigenvalue weighted by Gasteiger charge is -2.20. The van der Waals surface area contributed by atoms with E-state index in [0.717, 1.165) is 17.7 Å². The van der Waals surface area contributed by atoms with Gasteiger partial charge in [-0.2, -0.15) is 0 Å². The zero-order valence-corrected chi connectivity index (χ0v) is 10.5. The summed E-state index contributed by atoms with van der Waals surface area (Å²) in [6, 6.07) is 3.51. The third kappa shape index (κ3) is 3.37. The number of hydrogen-bond acceptors (Lipinski definition) is 3. The van der Waals surface area contributed by atoms with E-state index in [4.69, 9.17) is 16.7 Å². The number of benzene rings is 1. The summed E-state index contributed by atoms with van der Waals surface area (Å²) in [5.41, 5.74) is 1.59. The molecule has 0 unspecified atom stereocenters. The summed E-state index contributed by atoms with van der Waals surface area (Å²) in [4.78, 5) is 2.05. The minimum atomic E-state index is 0.119. The molecule has 0 atom stereocenters. The molecule has 0 bridgehead atoms. The highest BCUT2D eigenvalue weighted by molar-refractivity contribution is 6.30. The van der Waals surface area contributed by atoms with Crippen LogP contribution in [0.1, 0.15) is 18.1 Å². The van der Waals surface area contributed by atoms with Crippen LogP contribution in [-0.4, -0.2) is 34.8 Å². The number of phenols is 1. The van der Waals surface area contributed by atoms with Crippen molar-refractivity contribution in [2.24, 2.45) is 0 Å². The van der Waals surface area contributed by atoms with Gasteiger partial charge in [0.1, 0.15) is 5.75 Å². The van der Waals surface area contributed by atoms with Crippen molar-refractivity contribution in [3.05, 3.63) is 28.3 Å². The van der Waals surface area contributed by atoms with Crippen molar-refractivity contribution in [1.82, 2.24) is 4.90 Å². The summed E-state index contributed by atoms with van der Waals surface area (Å²) in [5.74, 6) is 0.292. The van der Waals surface area contributed by atoms with Gasteiger partial charge in [-0.3, -0.25) is 4.90 Å². The molecule has 0 aliphatic carbocycles. The van der Waals surface area contributed by atoms with E-state index in [-0.39, 0.29) is 6.61 Å². The van der Waals surface area contributed by atoms with E-state index < -0.39 is 0 Å². The maximum Gasteiger partial charge on any atom is 0.123 e. The smallest absolute Gasteiger partial charge is 0.123 e. The van der Waals surface area contributed by atoms with Crippen molar-refractivity contribution in [3.63, 3.8) is 0 Å².